The standard InChI is InChI=1S/C24H24ClN5O3/c25-21-5-2-18(3-6-21)17-33-22-7-4-19(15-23(31)28-32)14-20(22)16-29-10-12-30(13-11-29)24-26-8-1-9-27-24/h1-9,14H,10-13,15-17H2. The first-order valence-electron chi connectivity index (χ1n) is 10.7. The third-order valence-corrected chi connectivity index (χ3v) is 5.74. The number of nitroso groups, excluding NO2 is 1. The zero-order valence-electron chi connectivity index (χ0n) is 18.1. The predicted octanol–water partition coefficient (Wildman–Crippen LogP) is 3.87. The molecule has 33 heavy (non-hydrogen) atoms. The number of halogens is 1. The molecule has 0 radical (unpaired) electrons. The number of nitrogens with zero attached hydrogens (tertiary/aromatic N) is 5. The molecule has 2 heterocycles. The van der Waals surface area contributed by atoms with Crippen molar-refractivity contribution in [2.75, 3.05) is 31.1 Å². The van der Waals surface area contributed by atoms with E-state index in [0.717, 1.165) is 54.6 Å². The van der Waals surface area contributed by atoms with Crippen LogP contribution < -0.4 is 9.64 Å². The van der Waals surface area contributed by atoms with Gasteiger partial charge in [-0.15, -0.1) is 4.91 Å². The SMILES string of the molecule is O=NC(=O)Cc1ccc(OCc2ccc(Cl)cc2)c(CN2CCN(c3ncccn3)CC2)c1. The maximum absolute atomic E-state index is 11.5. The van der Waals surface area contributed by atoms with Crippen LogP contribution in [0.3, 0.4) is 0 Å². The zero-order valence-corrected chi connectivity index (χ0v) is 18.8. The van der Waals surface area contributed by atoms with Gasteiger partial charge >= 0.3 is 0 Å². The van der Waals surface area contributed by atoms with Crippen LogP contribution in [0.25, 0.3) is 0 Å². The van der Waals surface area contributed by atoms with Gasteiger partial charge in [-0.1, -0.05) is 35.9 Å². The average molecular weight is 466 g/mol. The Morgan fingerprint density at radius 1 is 1.00 bits per heavy atom. The number of hydrogen-bond donors (Lipinski definition) is 0. The molecule has 0 spiro atoms. The maximum Gasteiger partial charge on any atom is 0.290 e. The first kappa shape index (κ1) is 22.8. The molecule has 1 aliphatic rings. The summed E-state index contributed by atoms with van der Waals surface area (Å²) in [6.07, 6.45) is 3.48. The van der Waals surface area contributed by atoms with Crippen LogP contribution in [0.2, 0.25) is 5.02 Å². The molecule has 3 aromatic rings. The molecule has 2 aromatic carbocycles. The quantitative estimate of drug-likeness (QED) is 0.466. The summed E-state index contributed by atoms with van der Waals surface area (Å²) in [6, 6.07) is 14.9. The number of ether oxygens (including phenoxy) is 1. The van der Waals surface area contributed by atoms with Gasteiger partial charge in [-0.2, -0.15) is 0 Å². The molecule has 0 unspecified atom stereocenters. The lowest BCUT2D eigenvalue weighted by molar-refractivity contribution is -0.117. The summed E-state index contributed by atoms with van der Waals surface area (Å²) in [5.41, 5.74) is 2.71. The number of aromatic nitrogens is 2. The Kier molecular flexibility index (Phi) is 7.59. The van der Waals surface area contributed by atoms with Crippen LogP contribution in [-0.4, -0.2) is 47.0 Å². The minimum absolute atomic E-state index is 0.0207. The van der Waals surface area contributed by atoms with Gasteiger partial charge in [0.15, 0.2) is 0 Å². The molecular weight excluding hydrogens is 442 g/mol. The van der Waals surface area contributed by atoms with E-state index in [0.29, 0.717) is 18.2 Å². The number of rotatable bonds is 8. The Hall–Kier alpha value is -3.36. The van der Waals surface area contributed by atoms with Crippen molar-refractivity contribution < 1.29 is 9.53 Å². The Bertz CT molecular complexity index is 1090. The highest BCUT2D eigenvalue weighted by Gasteiger charge is 2.20. The van der Waals surface area contributed by atoms with E-state index >= 15 is 0 Å². The van der Waals surface area contributed by atoms with Crippen LogP contribution in [0.4, 0.5) is 5.95 Å². The maximum atomic E-state index is 11.5. The van der Waals surface area contributed by atoms with Crippen LogP contribution in [0.15, 0.2) is 66.1 Å². The van der Waals surface area contributed by atoms with E-state index in [4.69, 9.17) is 16.3 Å². The molecule has 0 atom stereocenters. The van der Waals surface area contributed by atoms with Crippen LogP contribution in [0.5, 0.6) is 5.75 Å². The first-order chi connectivity index (χ1) is 16.1. The Morgan fingerprint density at radius 2 is 1.70 bits per heavy atom. The van der Waals surface area contributed by atoms with Gasteiger partial charge in [0.25, 0.3) is 5.91 Å². The second kappa shape index (κ2) is 11.0. The summed E-state index contributed by atoms with van der Waals surface area (Å²) in [5.74, 6) is 0.798. The predicted molar refractivity (Wildman–Crippen MR) is 126 cm³/mol. The van der Waals surface area contributed by atoms with Gasteiger partial charge in [0.1, 0.15) is 12.4 Å². The van der Waals surface area contributed by atoms with Crippen molar-refractivity contribution in [1.82, 2.24) is 14.9 Å². The number of hydrogen-bond acceptors (Lipinski definition) is 7. The largest absolute Gasteiger partial charge is 0.489 e. The van der Waals surface area contributed by atoms with E-state index in [-0.39, 0.29) is 6.42 Å². The number of amides is 1. The van der Waals surface area contributed by atoms with Crippen LogP contribution in [0, 0.1) is 4.91 Å². The molecule has 0 N–H and O–H groups in total. The van der Waals surface area contributed by atoms with E-state index < -0.39 is 5.91 Å². The molecule has 1 amide bonds. The van der Waals surface area contributed by atoms with Gasteiger partial charge in [-0.3, -0.25) is 9.69 Å². The minimum Gasteiger partial charge on any atom is -0.489 e. The van der Waals surface area contributed by atoms with Gasteiger partial charge in [0, 0.05) is 60.9 Å². The monoisotopic (exact) mass is 465 g/mol. The molecule has 8 nitrogen and oxygen atoms in total. The number of anilines is 1. The Morgan fingerprint density at radius 3 is 2.39 bits per heavy atom. The summed E-state index contributed by atoms with van der Waals surface area (Å²) in [7, 11) is 0. The number of carbonyl (C=O) groups is 1. The molecule has 0 saturated carbocycles. The van der Waals surface area contributed by atoms with Gasteiger partial charge in [0.05, 0.1) is 6.42 Å². The van der Waals surface area contributed by atoms with Crippen molar-refractivity contribution >= 4 is 23.5 Å². The van der Waals surface area contributed by atoms with Crippen molar-refractivity contribution in [2.45, 2.75) is 19.6 Å². The van der Waals surface area contributed by atoms with Gasteiger partial charge in [0.2, 0.25) is 5.95 Å². The van der Waals surface area contributed by atoms with E-state index in [2.05, 4.69) is 24.9 Å². The van der Waals surface area contributed by atoms with Crippen molar-refractivity contribution in [2.24, 2.45) is 5.18 Å². The normalized spacial score (nSPS) is 14.2. The molecule has 1 aliphatic heterocycles. The Balaban J connectivity index is 1.45. The third-order valence-electron chi connectivity index (χ3n) is 5.49. The summed E-state index contributed by atoms with van der Waals surface area (Å²) >= 11 is 5.97. The van der Waals surface area contributed by atoms with Crippen LogP contribution in [-0.2, 0) is 24.4 Å². The van der Waals surface area contributed by atoms with Crippen molar-refractivity contribution in [1.29, 1.82) is 0 Å². The van der Waals surface area contributed by atoms with Crippen LogP contribution >= 0.6 is 11.6 Å². The molecule has 1 aromatic heterocycles. The molecule has 9 heteroatoms. The smallest absolute Gasteiger partial charge is 0.290 e. The lowest BCUT2D eigenvalue weighted by Crippen LogP contribution is -2.46. The molecule has 1 fully saturated rings. The fourth-order valence-electron chi connectivity index (χ4n) is 3.76. The Labute approximate surface area is 197 Å². The summed E-state index contributed by atoms with van der Waals surface area (Å²) in [4.78, 5) is 35.2. The van der Waals surface area contributed by atoms with E-state index in [1.54, 1.807) is 18.5 Å². The fourth-order valence-corrected chi connectivity index (χ4v) is 3.88. The average Bonchev–Trinajstić information content (AvgIpc) is 2.85. The van der Waals surface area contributed by atoms with E-state index in [1.165, 1.54) is 0 Å². The number of carbonyl (C=O) groups excluding carboxylic acids is 1. The van der Waals surface area contributed by atoms with E-state index in [1.807, 2.05) is 42.5 Å². The fraction of sp³-hybridized carbons (Fsp3) is 0.292. The molecule has 0 bridgehead atoms. The summed E-state index contributed by atoms with van der Waals surface area (Å²) in [6.45, 7) is 4.38. The zero-order chi connectivity index (χ0) is 23.0. The van der Waals surface area contributed by atoms with Crippen molar-refractivity contribution in [3.8, 4) is 5.75 Å². The molecule has 1 saturated heterocycles. The number of piperazine rings is 1. The van der Waals surface area contributed by atoms with Crippen molar-refractivity contribution in [3.63, 3.8) is 0 Å². The molecule has 4 rings (SSSR count). The van der Waals surface area contributed by atoms with E-state index in [9.17, 15) is 9.70 Å². The molecule has 0 aliphatic carbocycles. The highest BCUT2D eigenvalue weighted by Crippen LogP contribution is 2.25. The lowest BCUT2D eigenvalue weighted by Gasteiger charge is -2.35. The first-order valence-corrected chi connectivity index (χ1v) is 11.1. The highest BCUT2D eigenvalue weighted by atomic mass is 35.5. The third kappa shape index (κ3) is 6.34. The highest BCUT2D eigenvalue weighted by molar-refractivity contribution is 6.30. The second-order valence-corrected chi connectivity index (χ2v) is 8.27. The van der Waals surface area contributed by atoms with Crippen molar-refractivity contribution in [3.05, 3.63) is 87.5 Å². The summed E-state index contributed by atoms with van der Waals surface area (Å²) < 4.78 is 6.11. The lowest BCUT2D eigenvalue weighted by atomic mass is 10.1. The van der Waals surface area contributed by atoms with Gasteiger partial charge < -0.3 is 9.64 Å². The number of benzene rings is 2. The second-order valence-electron chi connectivity index (χ2n) is 7.83. The summed E-state index contributed by atoms with van der Waals surface area (Å²) in [5, 5.41) is 3.19. The van der Waals surface area contributed by atoms with Gasteiger partial charge in [-0.05, 0) is 35.4 Å². The topological polar surface area (TPSA) is 88.0 Å². The molecular formula is C24H24ClN5O3. The van der Waals surface area contributed by atoms with Crippen LogP contribution in [0.1, 0.15) is 16.7 Å². The minimum atomic E-state index is -0.688. The van der Waals surface area contributed by atoms with Gasteiger partial charge in [-0.25, -0.2) is 9.97 Å². The molecule has 170 valence electrons.